The standard InChI is InChI=1S/C21H21ClF3N5OS/c1-11-9-29(19-7-16(23)13(5-18(19)25)8-27-28-21(26)32)10-12(2)30(11)20(31)15-4-3-14(22)6-17(15)24/h3-8,11-12H,9-10H2,1-2H3,(H3,26,28,32)/b27-8+/t11-,12+. The molecule has 1 saturated heterocycles. The molecule has 0 radical (unpaired) electrons. The minimum Gasteiger partial charge on any atom is -0.375 e. The Morgan fingerprint density at radius 1 is 1.16 bits per heavy atom. The van der Waals surface area contributed by atoms with E-state index in [-0.39, 0.29) is 52.1 Å². The van der Waals surface area contributed by atoms with E-state index in [9.17, 15) is 18.0 Å². The summed E-state index contributed by atoms with van der Waals surface area (Å²) in [4.78, 5) is 16.2. The van der Waals surface area contributed by atoms with Crippen molar-refractivity contribution in [2.24, 2.45) is 10.8 Å². The van der Waals surface area contributed by atoms with Crippen LogP contribution in [-0.2, 0) is 0 Å². The number of amides is 1. The van der Waals surface area contributed by atoms with E-state index in [2.05, 4.69) is 22.7 Å². The van der Waals surface area contributed by atoms with Crippen LogP contribution < -0.4 is 16.1 Å². The summed E-state index contributed by atoms with van der Waals surface area (Å²) in [6, 6.07) is 5.19. The van der Waals surface area contributed by atoms with E-state index >= 15 is 0 Å². The second-order valence-electron chi connectivity index (χ2n) is 7.50. The first-order chi connectivity index (χ1) is 15.1. The van der Waals surface area contributed by atoms with Gasteiger partial charge in [0.05, 0.1) is 17.5 Å². The quantitative estimate of drug-likeness (QED) is 0.394. The van der Waals surface area contributed by atoms with Gasteiger partial charge >= 0.3 is 0 Å². The van der Waals surface area contributed by atoms with Gasteiger partial charge in [-0.15, -0.1) is 0 Å². The van der Waals surface area contributed by atoms with Crippen LogP contribution in [0.25, 0.3) is 0 Å². The number of thiocarbonyl (C=S) groups is 1. The minimum atomic E-state index is -0.709. The monoisotopic (exact) mass is 483 g/mol. The van der Waals surface area contributed by atoms with Gasteiger partial charge in [0.25, 0.3) is 5.91 Å². The van der Waals surface area contributed by atoms with E-state index < -0.39 is 23.4 Å². The third-order valence-electron chi connectivity index (χ3n) is 5.10. The fraction of sp³-hybridized carbons (Fsp3) is 0.286. The van der Waals surface area contributed by atoms with E-state index in [0.29, 0.717) is 0 Å². The summed E-state index contributed by atoms with van der Waals surface area (Å²) < 4.78 is 43.6. The van der Waals surface area contributed by atoms with Crippen LogP contribution >= 0.6 is 23.8 Å². The highest BCUT2D eigenvalue weighted by Gasteiger charge is 2.35. The van der Waals surface area contributed by atoms with E-state index in [1.165, 1.54) is 12.1 Å². The van der Waals surface area contributed by atoms with Gasteiger partial charge in [0.1, 0.15) is 17.5 Å². The predicted octanol–water partition coefficient (Wildman–Crippen LogP) is 3.66. The van der Waals surface area contributed by atoms with E-state index in [0.717, 1.165) is 24.4 Å². The highest BCUT2D eigenvalue weighted by molar-refractivity contribution is 7.80. The zero-order chi connectivity index (χ0) is 23.6. The van der Waals surface area contributed by atoms with Crippen LogP contribution in [0, 0.1) is 17.5 Å². The molecule has 32 heavy (non-hydrogen) atoms. The largest absolute Gasteiger partial charge is 0.375 e. The minimum absolute atomic E-state index is 0.0606. The Morgan fingerprint density at radius 2 is 1.81 bits per heavy atom. The summed E-state index contributed by atoms with van der Waals surface area (Å²) in [5, 5.41) is 3.72. The van der Waals surface area contributed by atoms with Crippen LogP contribution in [0.2, 0.25) is 5.02 Å². The SMILES string of the molecule is C[C@@H]1CN(c2cc(F)c(/C=N/NC(N)=S)cc2F)C[C@H](C)N1C(=O)c1ccc(Cl)cc1F. The number of nitrogens with zero attached hydrogens (tertiary/aromatic N) is 3. The molecule has 1 amide bonds. The summed E-state index contributed by atoms with van der Waals surface area (Å²) in [6.07, 6.45) is 1.07. The molecular formula is C21H21ClF3N5OS. The average molecular weight is 484 g/mol. The number of piperazine rings is 1. The fourth-order valence-electron chi connectivity index (χ4n) is 3.78. The van der Waals surface area contributed by atoms with Crippen molar-refractivity contribution in [2.45, 2.75) is 25.9 Å². The topological polar surface area (TPSA) is 74.0 Å². The van der Waals surface area contributed by atoms with Crippen molar-refractivity contribution in [3.05, 3.63) is 63.9 Å². The summed E-state index contributed by atoms with van der Waals surface area (Å²) in [7, 11) is 0. The number of carbonyl (C=O) groups excluding carboxylic acids is 1. The highest BCUT2D eigenvalue weighted by atomic mass is 35.5. The third kappa shape index (κ3) is 5.13. The maximum Gasteiger partial charge on any atom is 0.257 e. The molecule has 0 unspecified atom stereocenters. The molecule has 3 N–H and O–H groups in total. The molecular weight excluding hydrogens is 463 g/mol. The van der Waals surface area contributed by atoms with Gasteiger partial charge in [-0.25, -0.2) is 13.2 Å². The van der Waals surface area contributed by atoms with Crippen LogP contribution in [0.5, 0.6) is 0 Å². The smallest absolute Gasteiger partial charge is 0.257 e. The van der Waals surface area contributed by atoms with Crippen LogP contribution in [0.15, 0.2) is 35.4 Å². The van der Waals surface area contributed by atoms with E-state index in [1.54, 1.807) is 23.6 Å². The maximum absolute atomic E-state index is 14.8. The van der Waals surface area contributed by atoms with Crippen LogP contribution in [-0.4, -0.2) is 47.3 Å². The number of nitrogens with two attached hydrogens (primary N) is 1. The first-order valence-corrected chi connectivity index (χ1v) is 10.5. The van der Waals surface area contributed by atoms with Crippen molar-refractivity contribution < 1.29 is 18.0 Å². The Balaban J connectivity index is 1.80. The molecule has 0 spiro atoms. The second kappa shape index (κ2) is 9.74. The number of halogens is 4. The number of hydrogen-bond acceptors (Lipinski definition) is 4. The van der Waals surface area contributed by atoms with Crippen molar-refractivity contribution in [3.63, 3.8) is 0 Å². The van der Waals surface area contributed by atoms with Gasteiger partial charge in [-0.2, -0.15) is 5.10 Å². The third-order valence-corrected chi connectivity index (χ3v) is 5.43. The lowest BCUT2D eigenvalue weighted by molar-refractivity contribution is 0.0569. The molecule has 0 saturated carbocycles. The number of carbonyl (C=O) groups is 1. The number of benzene rings is 2. The molecule has 1 heterocycles. The van der Waals surface area contributed by atoms with Crippen molar-refractivity contribution in [3.8, 4) is 0 Å². The number of hydrazone groups is 1. The number of hydrogen-bond donors (Lipinski definition) is 2. The second-order valence-corrected chi connectivity index (χ2v) is 8.38. The molecule has 1 aliphatic heterocycles. The molecule has 0 bridgehead atoms. The Kier molecular flexibility index (Phi) is 7.25. The lowest BCUT2D eigenvalue weighted by Crippen LogP contribution is -2.59. The Labute approximate surface area is 193 Å². The van der Waals surface area contributed by atoms with Gasteiger partial charge in [-0.05, 0) is 50.3 Å². The molecule has 1 fully saturated rings. The molecule has 0 aromatic heterocycles. The van der Waals surface area contributed by atoms with Crippen LogP contribution in [0.1, 0.15) is 29.8 Å². The zero-order valence-corrected chi connectivity index (χ0v) is 18.9. The molecule has 1 aliphatic rings. The first kappa shape index (κ1) is 23.8. The molecule has 0 aliphatic carbocycles. The van der Waals surface area contributed by atoms with Crippen LogP contribution in [0.4, 0.5) is 18.9 Å². The van der Waals surface area contributed by atoms with Crippen molar-refractivity contribution in [1.29, 1.82) is 0 Å². The average Bonchev–Trinajstić information content (AvgIpc) is 2.69. The molecule has 170 valence electrons. The summed E-state index contributed by atoms with van der Waals surface area (Å²) in [6.45, 7) is 4.01. The van der Waals surface area contributed by atoms with Crippen molar-refractivity contribution in [2.75, 3.05) is 18.0 Å². The van der Waals surface area contributed by atoms with Gasteiger partial charge in [-0.3, -0.25) is 10.2 Å². The predicted molar refractivity (Wildman–Crippen MR) is 123 cm³/mol. The lowest BCUT2D eigenvalue weighted by atomic mass is 10.0. The first-order valence-electron chi connectivity index (χ1n) is 9.68. The highest BCUT2D eigenvalue weighted by Crippen LogP contribution is 2.28. The molecule has 3 rings (SSSR count). The number of nitrogens with one attached hydrogen (secondary N) is 1. The maximum atomic E-state index is 14.8. The Morgan fingerprint density at radius 3 is 2.41 bits per heavy atom. The molecule has 6 nitrogen and oxygen atoms in total. The summed E-state index contributed by atoms with van der Waals surface area (Å²) in [5.41, 5.74) is 7.40. The van der Waals surface area contributed by atoms with E-state index in [1.807, 2.05) is 0 Å². The van der Waals surface area contributed by atoms with Gasteiger partial charge in [0.2, 0.25) is 0 Å². The number of anilines is 1. The summed E-state index contributed by atoms with van der Waals surface area (Å²) >= 11 is 10.4. The normalized spacial score (nSPS) is 18.8. The fourth-order valence-corrected chi connectivity index (χ4v) is 3.99. The molecule has 2 atom stereocenters. The lowest BCUT2D eigenvalue weighted by Gasteiger charge is -2.45. The van der Waals surface area contributed by atoms with Crippen molar-refractivity contribution >= 4 is 46.7 Å². The van der Waals surface area contributed by atoms with E-state index in [4.69, 9.17) is 17.3 Å². The molecule has 2 aromatic rings. The van der Waals surface area contributed by atoms with Gasteiger partial charge < -0.3 is 15.5 Å². The number of rotatable bonds is 4. The van der Waals surface area contributed by atoms with Gasteiger partial charge in [-0.1, -0.05) is 11.6 Å². The zero-order valence-electron chi connectivity index (χ0n) is 17.3. The molecule has 11 heteroatoms. The Bertz CT molecular complexity index is 1070. The van der Waals surface area contributed by atoms with Gasteiger partial charge in [0.15, 0.2) is 5.11 Å². The van der Waals surface area contributed by atoms with Crippen LogP contribution in [0.3, 0.4) is 0 Å². The Hall–Kier alpha value is -2.85. The summed E-state index contributed by atoms with van der Waals surface area (Å²) in [5.74, 6) is -2.52. The van der Waals surface area contributed by atoms with Crippen molar-refractivity contribution in [1.82, 2.24) is 10.3 Å². The van der Waals surface area contributed by atoms with Gasteiger partial charge in [0, 0.05) is 41.8 Å². The molecule has 2 aromatic carbocycles.